The van der Waals surface area contributed by atoms with Crippen molar-refractivity contribution in [1.29, 1.82) is 0 Å². The van der Waals surface area contributed by atoms with E-state index in [1.165, 1.54) is 23.5 Å². The molecular weight excluding hydrogens is 452 g/mol. The van der Waals surface area contributed by atoms with Crippen LogP contribution in [0.1, 0.15) is 25.7 Å². The van der Waals surface area contributed by atoms with Crippen LogP contribution in [0.4, 0.5) is 0 Å². The van der Waals surface area contributed by atoms with E-state index in [4.69, 9.17) is 9.47 Å². The summed E-state index contributed by atoms with van der Waals surface area (Å²) in [5.41, 5.74) is 0. The minimum absolute atomic E-state index is 0.0827. The first kappa shape index (κ1) is 24.9. The molecule has 0 saturated carbocycles. The zero-order chi connectivity index (χ0) is 23.8. The fourth-order valence-electron chi connectivity index (χ4n) is 3.74. The summed E-state index contributed by atoms with van der Waals surface area (Å²) in [5.74, 6) is -1.04. The van der Waals surface area contributed by atoms with E-state index in [0.29, 0.717) is 38.2 Å². The van der Waals surface area contributed by atoms with Crippen LogP contribution in [-0.2, 0) is 29.1 Å². The molecule has 0 spiro atoms. The lowest BCUT2D eigenvalue weighted by atomic mass is 10.3. The lowest BCUT2D eigenvalue weighted by Gasteiger charge is -2.34. The van der Waals surface area contributed by atoms with Crippen LogP contribution in [0.3, 0.4) is 0 Å². The Morgan fingerprint density at radius 3 is 2.52 bits per heavy atom. The van der Waals surface area contributed by atoms with E-state index in [1.54, 1.807) is 17.0 Å². The van der Waals surface area contributed by atoms with E-state index < -0.39 is 28.1 Å². The summed E-state index contributed by atoms with van der Waals surface area (Å²) in [5, 5.41) is 4.96. The van der Waals surface area contributed by atoms with Crippen molar-refractivity contribution in [2.24, 2.45) is 0 Å². The molecule has 0 bridgehead atoms. The summed E-state index contributed by atoms with van der Waals surface area (Å²) in [4.78, 5) is 37.6. The first-order chi connectivity index (χ1) is 15.8. The lowest BCUT2D eigenvalue weighted by Crippen LogP contribution is -2.53. The van der Waals surface area contributed by atoms with Gasteiger partial charge in [-0.25, -0.2) is 8.42 Å². The number of amides is 3. The number of rotatable bonds is 9. The molecule has 1 atom stereocenters. The number of sulfonamides is 1. The zero-order valence-corrected chi connectivity index (χ0v) is 19.4. The van der Waals surface area contributed by atoms with Crippen LogP contribution in [-0.4, -0.2) is 88.0 Å². The summed E-state index contributed by atoms with van der Waals surface area (Å²) < 4.78 is 38.0. The maximum atomic E-state index is 13.1. The van der Waals surface area contributed by atoms with Gasteiger partial charge in [-0.05, 0) is 43.5 Å². The Bertz CT molecular complexity index is 952. The molecule has 1 aromatic carbocycles. The number of benzene rings is 1. The topological polar surface area (TPSA) is 134 Å². The number of likely N-dealkylation sites (tertiary alicyclic amines) is 1. The van der Waals surface area contributed by atoms with Crippen molar-refractivity contribution in [3.63, 3.8) is 0 Å². The van der Waals surface area contributed by atoms with Gasteiger partial charge in [-0.3, -0.25) is 14.4 Å². The largest absolute Gasteiger partial charge is 0.497 e. The van der Waals surface area contributed by atoms with E-state index in [9.17, 15) is 22.8 Å². The second-order valence-electron chi connectivity index (χ2n) is 7.77. The minimum atomic E-state index is -3.87. The second kappa shape index (κ2) is 11.4. The van der Waals surface area contributed by atoms with E-state index >= 15 is 0 Å². The highest BCUT2D eigenvalue weighted by molar-refractivity contribution is 7.89. The Kier molecular flexibility index (Phi) is 8.64. The number of methoxy groups -OCH3 is 1. The summed E-state index contributed by atoms with van der Waals surface area (Å²) in [6, 6.07) is 6.00. The normalized spacial score (nSPS) is 19.4. The Balaban J connectivity index is 1.49. The van der Waals surface area contributed by atoms with E-state index in [2.05, 4.69) is 10.6 Å². The highest BCUT2D eigenvalue weighted by Gasteiger charge is 2.35. The van der Waals surface area contributed by atoms with Gasteiger partial charge >= 0.3 is 11.8 Å². The third-order valence-electron chi connectivity index (χ3n) is 5.53. The van der Waals surface area contributed by atoms with Gasteiger partial charge in [0.05, 0.1) is 25.2 Å². The standard InChI is InChI=1S/C21H30N4O7S/c1-31-16-6-8-17(9-7-16)33(29,30)25-13-4-14-32-19(25)15-23-21(28)20(27)22-10-3-12-24-11-2-5-18(24)26/h6-9,19H,2-5,10-15H2,1H3,(H,22,27)(H,23,28)/t19-/m0/s1. The molecule has 0 radical (unpaired) electrons. The Labute approximate surface area is 193 Å². The van der Waals surface area contributed by atoms with Gasteiger partial charge in [0.1, 0.15) is 12.0 Å². The molecule has 2 aliphatic heterocycles. The molecule has 2 aliphatic rings. The van der Waals surface area contributed by atoms with Gasteiger partial charge < -0.3 is 25.0 Å². The molecule has 2 N–H and O–H groups in total. The quantitative estimate of drug-likeness (QED) is 0.364. The molecule has 0 unspecified atom stereocenters. The molecule has 0 aliphatic carbocycles. The third-order valence-corrected chi connectivity index (χ3v) is 7.43. The van der Waals surface area contributed by atoms with Crippen molar-refractivity contribution in [3.8, 4) is 5.75 Å². The van der Waals surface area contributed by atoms with Gasteiger partial charge in [-0.2, -0.15) is 4.31 Å². The van der Waals surface area contributed by atoms with Crippen molar-refractivity contribution >= 4 is 27.7 Å². The molecule has 2 fully saturated rings. The maximum absolute atomic E-state index is 13.1. The second-order valence-corrected chi connectivity index (χ2v) is 9.66. The smallest absolute Gasteiger partial charge is 0.309 e. The first-order valence-corrected chi connectivity index (χ1v) is 12.4. The van der Waals surface area contributed by atoms with Crippen molar-refractivity contribution in [2.45, 2.75) is 36.8 Å². The maximum Gasteiger partial charge on any atom is 0.309 e. The van der Waals surface area contributed by atoms with Gasteiger partial charge in [0, 0.05) is 32.6 Å². The fraction of sp³-hybridized carbons (Fsp3) is 0.571. The highest BCUT2D eigenvalue weighted by atomic mass is 32.2. The number of nitrogens with one attached hydrogen (secondary N) is 2. The van der Waals surface area contributed by atoms with Gasteiger partial charge in [0.15, 0.2) is 0 Å². The SMILES string of the molecule is COc1ccc(S(=O)(=O)N2CCCO[C@H]2CNC(=O)C(=O)NCCCN2CCCC2=O)cc1. The van der Waals surface area contributed by atoms with Crippen LogP contribution in [0.5, 0.6) is 5.75 Å². The summed E-state index contributed by atoms with van der Waals surface area (Å²) in [7, 11) is -2.37. The summed E-state index contributed by atoms with van der Waals surface area (Å²) in [6.45, 7) is 1.93. The number of hydrogen-bond acceptors (Lipinski definition) is 7. The molecular formula is C21H30N4O7S. The number of carbonyl (C=O) groups is 3. The van der Waals surface area contributed by atoms with Gasteiger partial charge in [0.2, 0.25) is 15.9 Å². The van der Waals surface area contributed by atoms with Crippen molar-refractivity contribution in [3.05, 3.63) is 24.3 Å². The van der Waals surface area contributed by atoms with Crippen LogP contribution in [0, 0.1) is 0 Å². The fourth-order valence-corrected chi connectivity index (χ4v) is 5.30. The number of carbonyl (C=O) groups excluding carboxylic acids is 3. The van der Waals surface area contributed by atoms with Gasteiger partial charge in [0.25, 0.3) is 0 Å². The van der Waals surface area contributed by atoms with Crippen molar-refractivity contribution < 1.29 is 32.3 Å². The number of nitrogens with zero attached hydrogens (tertiary/aromatic N) is 2. The lowest BCUT2D eigenvalue weighted by molar-refractivity contribution is -0.140. The molecule has 3 amide bonds. The number of ether oxygens (including phenoxy) is 2. The van der Waals surface area contributed by atoms with E-state index in [0.717, 1.165) is 13.0 Å². The predicted molar refractivity (Wildman–Crippen MR) is 118 cm³/mol. The van der Waals surface area contributed by atoms with Crippen molar-refractivity contribution in [2.75, 3.05) is 46.4 Å². The van der Waals surface area contributed by atoms with Crippen molar-refractivity contribution in [1.82, 2.24) is 19.8 Å². The van der Waals surface area contributed by atoms with Gasteiger partial charge in [-0.1, -0.05) is 0 Å². The summed E-state index contributed by atoms with van der Waals surface area (Å²) in [6.07, 6.45) is 1.54. The molecule has 3 rings (SSSR count). The highest BCUT2D eigenvalue weighted by Crippen LogP contribution is 2.23. The van der Waals surface area contributed by atoms with Crippen LogP contribution in [0.25, 0.3) is 0 Å². The third kappa shape index (κ3) is 6.42. The zero-order valence-electron chi connectivity index (χ0n) is 18.6. The molecule has 1 aromatic rings. The summed E-state index contributed by atoms with van der Waals surface area (Å²) >= 11 is 0. The van der Waals surface area contributed by atoms with Crippen LogP contribution < -0.4 is 15.4 Å². The van der Waals surface area contributed by atoms with E-state index in [1.807, 2.05) is 0 Å². The van der Waals surface area contributed by atoms with Crippen LogP contribution >= 0.6 is 0 Å². The molecule has 33 heavy (non-hydrogen) atoms. The minimum Gasteiger partial charge on any atom is -0.497 e. The Hall–Kier alpha value is -2.70. The van der Waals surface area contributed by atoms with Gasteiger partial charge in [-0.15, -0.1) is 0 Å². The molecule has 12 heteroatoms. The predicted octanol–water partition coefficient (Wildman–Crippen LogP) is -0.323. The van der Waals surface area contributed by atoms with Crippen LogP contribution in [0.15, 0.2) is 29.2 Å². The molecule has 11 nitrogen and oxygen atoms in total. The molecule has 0 aromatic heterocycles. The Morgan fingerprint density at radius 2 is 1.85 bits per heavy atom. The Morgan fingerprint density at radius 1 is 1.12 bits per heavy atom. The average Bonchev–Trinajstić information content (AvgIpc) is 3.24. The molecule has 182 valence electrons. The van der Waals surface area contributed by atoms with E-state index in [-0.39, 0.29) is 30.4 Å². The average molecular weight is 483 g/mol. The first-order valence-electron chi connectivity index (χ1n) is 10.9. The van der Waals surface area contributed by atoms with Crippen LogP contribution in [0.2, 0.25) is 0 Å². The number of hydrogen-bond donors (Lipinski definition) is 2. The molecule has 2 saturated heterocycles. The monoisotopic (exact) mass is 482 g/mol. The molecule has 2 heterocycles.